The number of hydrogen-bond donors (Lipinski definition) is 1. The molecule has 0 atom stereocenters. The summed E-state index contributed by atoms with van der Waals surface area (Å²) in [5.41, 5.74) is 3.37. The summed E-state index contributed by atoms with van der Waals surface area (Å²) in [6.45, 7) is 2.06. The molecule has 0 spiro atoms. The zero-order valence-electron chi connectivity index (χ0n) is 10.8. The molecule has 0 heterocycles. The Morgan fingerprint density at radius 2 is 2.00 bits per heavy atom. The van der Waals surface area contributed by atoms with Crippen LogP contribution in [0.2, 0.25) is 0 Å². The molecule has 0 fully saturated rings. The molecule has 3 nitrogen and oxygen atoms in total. The number of Topliss-reactive ketones (excluding diaryl/α,β-unsaturated/α-hetero) is 1. The highest BCUT2D eigenvalue weighted by molar-refractivity contribution is 5.99. The van der Waals surface area contributed by atoms with Crippen molar-refractivity contribution in [3.63, 3.8) is 0 Å². The van der Waals surface area contributed by atoms with Crippen molar-refractivity contribution < 1.29 is 9.59 Å². The average molecular weight is 245 g/mol. The van der Waals surface area contributed by atoms with E-state index >= 15 is 0 Å². The molecule has 1 aliphatic carbocycles. The summed E-state index contributed by atoms with van der Waals surface area (Å²) in [4.78, 5) is 23.2. The number of rotatable bonds is 5. The van der Waals surface area contributed by atoms with Gasteiger partial charge in [-0.25, -0.2) is 0 Å². The molecular formula is C15H19NO2. The molecule has 96 valence electrons. The van der Waals surface area contributed by atoms with Crippen LogP contribution in [0, 0.1) is 0 Å². The van der Waals surface area contributed by atoms with Crippen LogP contribution in [-0.4, -0.2) is 18.2 Å². The van der Waals surface area contributed by atoms with Crippen LogP contribution in [0.25, 0.3) is 0 Å². The van der Waals surface area contributed by atoms with Crippen LogP contribution in [0.5, 0.6) is 0 Å². The first-order valence-electron chi connectivity index (χ1n) is 6.62. The van der Waals surface area contributed by atoms with Gasteiger partial charge in [0.25, 0.3) is 0 Å². The zero-order chi connectivity index (χ0) is 13.0. The summed E-state index contributed by atoms with van der Waals surface area (Å²) in [5, 5.41) is 2.66. The molecule has 0 unspecified atom stereocenters. The summed E-state index contributed by atoms with van der Waals surface area (Å²) < 4.78 is 0. The molecule has 1 amide bonds. The van der Waals surface area contributed by atoms with Crippen LogP contribution < -0.4 is 5.32 Å². The quantitative estimate of drug-likeness (QED) is 0.809. The van der Waals surface area contributed by atoms with Crippen LogP contribution in [0.4, 0.5) is 0 Å². The summed E-state index contributed by atoms with van der Waals surface area (Å²) in [6.07, 6.45) is 4.66. The van der Waals surface area contributed by atoms with Crippen LogP contribution in [0.3, 0.4) is 0 Å². The smallest absolute Gasteiger partial charge is 0.220 e. The maximum atomic E-state index is 11.9. The highest BCUT2D eigenvalue weighted by Crippen LogP contribution is 2.22. The van der Waals surface area contributed by atoms with Gasteiger partial charge < -0.3 is 5.32 Å². The van der Waals surface area contributed by atoms with Gasteiger partial charge >= 0.3 is 0 Å². The summed E-state index contributed by atoms with van der Waals surface area (Å²) >= 11 is 0. The third kappa shape index (κ3) is 2.97. The number of hydrogen-bond acceptors (Lipinski definition) is 2. The molecule has 0 radical (unpaired) electrons. The topological polar surface area (TPSA) is 46.2 Å². The van der Waals surface area contributed by atoms with Crippen molar-refractivity contribution in [3.8, 4) is 0 Å². The molecule has 0 aromatic heterocycles. The van der Waals surface area contributed by atoms with Crippen molar-refractivity contribution >= 4 is 11.7 Å². The highest BCUT2D eigenvalue weighted by atomic mass is 16.2. The lowest BCUT2D eigenvalue weighted by Crippen LogP contribution is -2.29. The first-order chi connectivity index (χ1) is 8.70. The Hall–Kier alpha value is -1.64. The van der Waals surface area contributed by atoms with Crippen molar-refractivity contribution in [2.45, 2.75) is 39.0 Å². The van der Waals surface area contributed by atoms with E-state index < -0.39 is 0 Å². The van der Waals surface area contributed by atoms with E-state index in [-0.39, 0.29) is 18.2 Å². The molecule has 0 saturated carbocycles. The predicted molar refractivity (Wildman–Crippen MR) is 70.7 cm³/mol. The Balaban J connectivity index is 1.95. The van der Waals surface area contributed by atoms with Crippen molar-refractivity contribution in [2.75, 3.05) is 6.54 Å². The minimum absolute atomic E-state index is 0.00541. The Bertz CT molecular complexity index is 466. The van der Waals surface area contributed by atoms with Crippen molar-refractivity contribution in [1.29, 1.82) is 0 Å². The van der Waals surface area contributed by atoms with E-state index in [2.05, 4.69) is 5.32 Å². The van der Waals surface area contributed by atoms with Crippen molar-refractivity contribution in [3.05, 3.63) is 34.9 Å². The van der Waals surface area contributed by atoms with E-state index in [0.717, 1.165) is 19.3 Å². The van der Waals surface area contributed by atoms with Crippen molar-refractivity contribution in [1.82, 2.24) is 5.32 Å². The van der Waals surface area contributed by atoms with E-state index in [0.29, 0.717) is 12.0 Å². The van der Waals surface area contributed by atoms with Gasteiger partial charge in [0.1, 0.15) is 0 Å². The summed E-state index contributed by atoms with van der Waals surface area (Å²) in [5.74, 6) is -0.0545. The highest BCUT2D eigenvalue weighted by Gasteiger charge is 2.14. The van der Waals surface area contributed by atoms with Gasteiger partial charge in [-0.15, -0.1) is 0 Å². The molecule has 3 heteroatoms. The Kier molecular flexibility index (Phi) is 4.13. The van der Waals surface area contributed by atoms with Gasteiger partial charge in [-0.05, 0) is 42.9 Å². The lowest BCUT2D eigenvalue weighted by atomic mass is 10.0. The minimum Gasteiger partial charge on any atom is -0.349 e. The molecule has 2 rings (SSSR count). The largest absolute Gasteiger partial charge is 0.349 e. The Labute approximate surface area is 108 Å². The van der Waals surface area contributed by atoms with Crippen LogP contribution >= 0.6 is 0 Å². The lowest BCUT2D eigenvalue weighted by Gasteiger charge is -2.06. The molecule has 0 aliphatic heterocycles. The molecule has 1 aromatic rings. The average Bonchev–Trinajstić information content (AvgIpc) is 2.83. The Morgan fingerprint density at radius 1 is 1.22 bits per heavy atom. The van der Waals surface area contributed by atoms with Crippen molar-refractivity contribution in [2.24, 2.45) is 0 Å². The number of nitrogens with one attached hydrogen (secondary N) is 1. The number of fused-ring (bicyclic) bond motifs is 1. The first kappa shape index (κ1) is 12.8. The number of carbonyl (C=O) groups excluding carboxylic acids is 2. The first-order valence-corrected chi connectivity index (χ1v) is 6.62. The fourth-order valence-corrected chi connectivity index (χ4v) is 2.34. The van der Waals surface area contributed by atoms with Gasteiger partial charge in [0.05, 0.1) is 6.54 Å². The number of aryl methyl sites for hydroxylation is 2. The normalized spacial score (nSPS) is 13.2. The van der Waals surface area contributed by atoms with E-state index in [1.807, 2.05) is 25.1 Å². The molecule has 1 aromatic carbocycles. The van der Waals surface area contributed by atoms with Crippen LogP contribution in [-0.2, 0) is 17.6 Å². The minimum atomic E-state index is -0.0491. The molecular weight excluding hydrogens is 226 g/mol. The lowest BCUT2D eigenvalue weighted by molar-refractivity contribution is -0.120. The van der Waals surface area contributed by atoms with E-state index in [1.165, 1.54) is 17.5 Å². The van der Waals surface area contributed by atoms with E-state index in [9.17, 15) is 9.59 Å². The fourth-order valence-electron chi connectivity index (χ4n) is 2.34. The van der Waals surface area contributed by atoms with Gasteiger partial charge in [-0.2, -0.15) is 0 Å². The SMILES string of the molecule is CCCC(=O)NCC(=O)c1ccc2c(c1)CCC2. The molecule has 0 saturated heterocycles. The molecule has 1 aliphatic rings. The van der Waals surface area contributed by atoms with E-state index in [1.54, 1.807) is 0 Å². The van der Waals surface area contributed by atoms with Gasteiger partial charge in [-0.1, -0.05) is 19.1 Å². The second kappa shape index (κ2) is 5.80. The van der Waals surface area contributed by atoms with Gasteiger partial charge in [0.15, 0.2) is 5.78 Å². The number of benzene rings is 1. The molecule has 18 heavy (non-hydrogen) atoms. The molecule has 1 N–H and O–H groups in total. The van der Waals surface area contributed by atoms with Gasteiger partial charge in [0.2, 0.25) is 5.91 Å². The number of carbonyl (C=O) groups is 2. The third-order valence-electron chi connectivity index (χ3n) is 3.34. The van der Waals surface area contributed by atoms with Crippen LogP contribution in [0.15, 0.2) is 18.2 Å². The fraction of sp³-hybridized carbons (Fsp3) is 0.467. The number of amides is 1. The Morgan fingerprint density at radius 3 is 2.78 bits per heavy atom. The second-order valence-electron chi connectivity index (χ2n) is 4.79. The van der Waals surface area contributed by atoms with Gasteiger partial charge in [0, 0.05) is 12.0 Å². The molecule has 0 bridgehead atoms. The van der Waals surface area contributed by atoms with E-state index in [4.69, 9.17) is 0 Å². The number of ketones is 1. The zero-order valence-corrected chi connectivity index (χ0v) is 10.8. The second-order valence-corrected chi connectivity index (χ2v) is 4.79. The predicted octanol–water partition coefficient (Wildman–Crippen LogP) is 2.27. The maximum Gasteiger partial charge on any atom is 0.220 e. The van der Waals surface area contributed by atoms with Gasteiger partial charge in [-0.3, -0.25) is 9.59 Å². The standard InChI is InChI=1S/C15H19NO2/c1-2-4-15(18)16-10-14(17)13-8-7-11-5-3-6-12(11)9-13/h7-9H,2-6,10H2,1H3,(H,16,18). The monoisotopic (exact) mass is 245 g/mol. The van der Waals surface area contributed by atoms with Crippen LogP contribution in [0.1, 0.15) is 47.7 Å². The maximum absolute atomic E-state index is 11.9. The third-order valence-corrected chi connectivity index (χ3v) is 3.34. The summed E-state index contributed by atoms with van der Waals surface area (Å²) in [6, 6.07) is 5.90. The summed E-state index contributed by atoms with van der Waals surface area (Å²) in [7, 11) is 0.